The smallest absolute Gasteiger partial charge is 0.254 e. The molecule has 2 aromatic rings. The molecule has 0 N–H and O–H groups in total. The first-order chi connectivity index (χ1) is 11.6. The van der Waals surface area contributed by atoms with Crippen LogP contribution in [0.25, 0.3) is 0 Å². The summed E-state index contributed by atoms with van der Waals surface area (Å²) >= 11 is 3.64. The average molecular weight is 389 g/mol. The van der Waals surface area contributed by atoms with Crippen LogP contribution in [0.3, 0.4) is 0 Å². The van der Waals surface area contributed by atoms with Gasteiger partial charge in [-0.05, 0) is 58.7 Å². The molecule has 1 fully saturated rings. The maximum Gasteiger partial charge on any atom is 0.254 e. The Balaban J connectivity index is 1.67. The molecule has 5 heteroatoms. The predicted octanol–water partition coefficient (Wildman–Crippen LogP) is 3.73. The van der Waals surface area contributed by atoms with Crippen molar-refractivity contribution in [3.8, 4) is 5.75 Å². The SMILES string of the molecule is COc1cccc(C(=O)N2CCN(c3ccc(C)cc3Br)CC2)c1. The molecule has 1 saturated heterocycles. The van der Waals surface area contributed by atoms with Crippen LogP contribution < -0.4 is 9.64 Å². The molecule has 2 aromatic carbocycles. The first-order valence-electron chi connectivity index (χ1n) is 8.03. The summed E-state index contributed by atoms with van der Waals surface area (Å²) in [6, 6.07) is 13.7. The Morgan fingerprint density at radius 2 is 1.83 bits per heavy atom. The van der Waals surface area contributed by atoms with Crippen molar-refractivity contribution >= 4 is 27.5 Å². The zero-order valence-corrected chi connectivity index (χ0v) is 15.5. The van der Waals surface area contributed by atoms with Gasteiger partial charge in [-0.2, -0.15) is 0 Å². The number of piperazine rings is 1. The van der Waals surface area contributed by atoms with Gasteiger partial charge >= 0.3 is 0 Å². The number of hydrogen-bond donors (Lipinski definition) is 0. The van der Waals surface area contributed by atoms with Gasteiger partial charge in [-0.1, -0.05) is 12.1 Å². The molecule has 0 aliphatic carbocycles. The van der Waals surface area contributed by atoms with Gasteiger partial charge in [0.1, 0.15) is 5.75 Å². The lowest BCUT2D eigenvalue weighted by molar-refractivity contribution is 0.0746. The highest BCUT2D eigenvalue weighted by atomic mass is 79.9. The molecule has 4 nitrogen and oxygen atoms in total. The molecule has 0 bridgehead atoms. The first kappa shape index (κ1) is 16.8. The molecule has 0 saturated carbocycles. The summed E-state index contributed by atoms with van der Waals surface area (Å²) in [7, 11) is 1.61. The molecule has 0 radical (unpaired) electrons. The predicted molar refractivity (Wildman–Crippen MR) is 100.0 cm³/mol. The highest BCUT2D eigenvalue weighted by molar-refractivity contribution is 9.10. The van der Waals surface area contributed by atoms with E-state index in [1.165, 1.54) is 11.3 Å². The standard InChI is InChI=1S/C19H21BrN2O2/c1-14-6-7-18(17(20)12-14)21-8-10-22(11-9-21)19(23)15-4-3-5-16(13-15)24-2/h3-7,12-13H,8-11H2,1-2H3. The number of nitrogens with zero attached hydrogens (tertiary/aromatic N) is 2. The number of methoxy groups -OCH3 is 1. The minimum absolute atomic E-state index is 0.0662. The van der Waals surface area contributed by atoms with E-state index in [1.54, 1.807) is 13.2 Å². The van der Waals surface area contributed by atoms with Crippen LogP contribution in [-0.2, 0) is 0 Å². The largest absolute Gasteiger partial charge is 0.497 e. The van der Waals surface area contributed by atoms with Crippen molar-refractivity contribution in [3.63, 3.8) is 0 Å². The van der Waals surface area contributed by atoms with E-state index >= 15 is 0 Å². The van der Waals surface area contributed by atoms with E-state index in [4.69, 9.17) is 4.74 Å². The molecule has 1 aliphatic heterocycles. The fourth-order valence-electron chi connectivity index (χ4n) is 2.96. The van der Waals surface area contributed by atoms with Crippen molar-refractivity contribution in [2.45, 2.75) is 6.92 Å². The van der Waals surface area contributed by atoms with E-state index in [0.29, 0.717) is 11.3 Å². The number of benzene rings is 2. The van der Waals surface area contributed by atoms with E-state index in [-0.39, 0.29) is 5.91 Å². The minimum Gasteiger partial charge on any atom is -0.497 e. The molecule has 1 amide bonds. The summed E-state index contributed by atoms with van der Waals surface area (Å²) in [6.45, 7) is 5.18. The minimum atomic E-state index is 0.0662. The van der Waals surface area contributed by atoms with Gasteiger partial charge in [-0.15, -0.1) is 0 Å². The van der Waals surface area contributed by atoms with Gasteiger partial charge in [0.2, 0.25) is 0 Å². The molecule has 0 spiro atoms. The van der Waals surface area contributed by atoms with Gasteiger partial charge in [0.05, 0.1) is 12.8 Å². The second kappa shape index (κ2) is 7.26. The molecule has 3 rings (SSSR count). The lowest BCUT2D eigenvalue weighted by Gasteiger charge is -2.36. The lowest BCUT2D eigenvalue weighted by atomic mass is 10.1. The van der Waals surface area contributed by atoms with Crippen molar-refractivity contribution in [2.75, 3.05) is 38.2 Å². The van der Waals surface area contributed by atoms with E-state index in [1.807, 2.05) is 23.1 Å². The quantitative estimate of drug-likeness (QED) is 0.802. The van der Waals surface area contributed by atoms with Crippen LogP contribution in [0.2, 0.25) is 0 Å². The Labute approximate surface area is 151 Å². The van der Waals surface area contributed by atoms with Crippen molar-refractivity contribution in [1.82, 2.24) is 4.90 Å². The van der Waals surface area contributed by atoms with E-state index in [2.05, 4.69) is 46.0 Å². The number of aryl methyl sites for hydroxylation is 1. The second-order valence-electron chi connectivity index (χ2n) is 5.97. The van der Waals surface area contributed by atoms with Crippen molar-refractivity contribution < 1.29 is 9.53 Å². The van der Waals surface area contributed by atoms with Crippen LogP contribution in [0.1, 0.15) is 15.9 Å². The first-order valence-corrected chi connectivity index (χ1v) is 8.82. The molecule has 0 aromatic heterocycles. The summed E-state index contributed by atoms with van der Waals surface area (Å²) in [6.07, 6.45) is 0. The molecule has 0 unspecified atom stereocenters. The fourth-order valence-corrected chi connectivity index (χ4v) is 3.70. The molecule has 24 heavy (non-hydrogen) atoms. The number of rotatable bonds is 3. The van der Waals surface area contributed by atoms with Gasteiger partial charge in [-0.25, -0.2) is 0 Å². The zero-order chi connectivity index (χ0) is 17.1. The highest BCUT2D eigenvalue weighted by Gasteiger charge is 2.23. The number of amides is 1. The molecular weight excluding hydrogens is 368 g/mol. The Bertz CT molecular complexity index is 740. The van der Waals surface area contributed by atoms with E-state index in [9.17, 15) is 4.79 Å². The number of anilines is 1. The fraction of sp³-hybridized carbons (Fsp3) is 0.316. The molecule has 126 valence electrons. The third-order valence-electron chi connectivity index (χ3n) is 4.33. The van der Waals surface area contributed by atoms with Gasteiger partial charge in [-0.3, -0.25) is 4.79 Å². The van der Waals surface area contributed by atoms with Gasteiger partial charge in [0.15, 0.2) is 0 Å². The van der Waals surface area contributed by atoms with Crippen LogP contribution >= 0.6 is 15.9 Å². The Kier molecular flexibility index (Phi) is 5.09. The van der Waals surface area contributed by atoms with Crippen LogP contribution in [-0.4, -0.2) is 44.1 Å². The number of hydrogen-bond acceptors (Lipinski definition) is 3. The van der Waals surface area contributed by atoms with Crippen molar-refractivity contribution in [2.24, 2.45) is 0 Å². The monoisotopic (exact) mass is 388 g/mol. The third-order valence-corrected chi connectivity index (χ3v) is 4.96. The van der Waals surface area contributed by atoms with Crippen LogP contribution in [0.15, 0.2) is 46.9 Å². The second-order valence-corrected chi connectivity index (χ2v) is 6.82. The summed E-state index contributed by atoms with van der Waals surface area (Å²) in [4.78, 5) is 16.9. The Morgan fingerprint density at radius 3 is 2.50 bits per heavy atom. The normalized spacial score (nSPS) is 14.6. The number of carbonyl (C=O) groups excluding carboxylic acids is 1. The Morgan fingerprint density at radius 1 is 1.08 bits per heavy atom. The highest BCUT2D eigenvalue weighted by Crippen LogP contribution is 2.28. The molecule has 0 atom stereocenters. The Hall–Kier alpha value is -2.01. The topological polar surface area (TPSA) is 32.8 Å². The van der Waals surface area contributed by atoms with Crippen LogP contribution in [0.5, 0.6) is 5.75 Å². The lowest BCUT2D eigenvalue weighted by Crippen LogP contribution is -2.48. The number of halogens is 1. The van der Waals surface area contributed by atoms with E-state index < -0.39 is 0 Å². The van der Waals surface area contributed by atoms with Crippen molar-refractivity contribution in [1.29, 1.82) is 0 Å². The summed E-state index contributed by atoms with van der Waals surface area (Å²) in [5.74, 6) is 0.777. The summed E-state index contributed by atoms with van der Waals surface area (Å²) < 4.78 is 6.31. The molecule has 1 heterocycles. The summed E-state index contributed by atoms with van der Waals surface area (Å²) in [5, 5.41) is 0. The maximum absolute atomic E-state index is 12.7. The van der Waals surface area contributed by atoms with Gasteiger partial charge in [0.25, 0.3) is 5.91 Å². The van der Waals surface area contributed by atoms with Gasteiger partial charge in [0, 0.05) is 36.2 Å². The maximum atomic E-state index is 12.7. The zero-order valence-electron chi connectivity index (χ0n) is 14.0. The van der Waals surface area contributed by atoms with Crippen molar-refractivity contribution in [3.05, 3.63) is 58.1 Å². The third kappa shape index (κ3) is 3.56. The number of carbonyl (C=O) groups is 1. The van der Waals surface area contributed by atoms with Crippen LogP contribution in [0.4, 0.5) is 5.69 Å². The number of ether oxygens (including phenoxy) is 1. The average Bonchev–Trinajstić information content (AvgIpc) is 2.61. The van der Waals surface area contributed by atoms with Gasteiger partial charge < -0.3 is 14.5 Å². The van der Waals surface area contributed by atoms with Crippen LogP contribution in [0, 0.1) is 6.92 Å². The van der Waals surface area contributed by atoms with E-state index in [0.717, 1.165) is 30.7 Å². The molecule has 1 aliphatic rings. The summed E-state index contributed by atoms with van der Waals surface area (Å²) in [5.41, 5.74) is 3.10. The molecular formula is C19H21BrN2O2.